The van der Waals surface area contributed by atoms with Crippen LogP contribution in [0.25, 0.3) is 11.0 Å². The van der Waals surface area contributed by atoms with Gasteiger partial charge in [0, 0.05) is 41.2 Å². The number of benzene rings is 1. The van der Waals surface area contributed by atoms with E-state index in [-0.39, 0.29) is 6.04 Å². The molecule has 1 saturated heterocycles. The van der Waals surface area contributed by atoms with E-state index in [1.54, 1.807) is 7.11 Å². The number of halogens is 1. The molecule has 1 aliphatic rings. The molecule has 1 fully saturated rings. The second-order valence-corrected chi connectivity index (χ2v) is 8.05. The van der Waals surface area contributed by atoms with E-state index < -0.39 is 0 Å². The molecule has 30 heavy (non-hydrogen) atoms. The molecule has 0 amide bonds. The van der Waals surface area contributed by atoms with Crippen molar-refractivity contribution in [3.8, 4) is 17.7 Å². The lowest BCUT2D eigenvalue weighted by Gasteiger charge is -2.39. The van der Waals surface area contributed by atoms with Gasteiger partial charge in [-0.25, -0.2) is 14.6 Å². The number of nitrogen functional groups attached to an aromatic ring is 1. The minimum atomic E-state index is -0.158. The van der Waals surface area contributed by atoms with Crippen molar-refractivity contribution in [1.82, 2.24) is 24.6 Å². The summed E-state index contributed by atoms with van der Waals surface area (Å²) in [7, 11) is 1.71. The first-order valence-electron chi connectivity index (χ1n) is 9.86. The van der Waals surface area contributed by atoms with Crippen LogP contribution in [-0.4, -0.2) is 44.8 Å². The van der Waals surface area contributed by atoms with Crippen molar-refractivity contribution in [1.29, 1.82) is 0 Å². The van der Waals surface area contributed by atoms with Gasteiger partial charge in [0.2, 0.25) is 0 Å². The van der Waals surface area contributed by atoms with E-state index >= 15 is 0 Å². The Bertz CT molecular complexity index is 1190. The molecule has 0 radical (unpaired) electrons. The summed E-state index contributed by atoms with van der Waals surface area (Å²) in [6, 6.07) is 4.93. The molecule has 0 bridgehead atoms. The van der Waals surface area contributed by atoms with Crippen LogP contribution in [0.3, 0.4) is 0 Å². The molecule has 4 rings (SSSR count). The van der Waals surface area contributed by atoms with Gasteiger partial charge in [-0.05, 0) is 39.3 Å². The molecule has 0 aliphatic carbocycles. The summed E-state index contributed by atoms with van der Waals surface area (Å²) >= 11 is 6.68. The number of hydrogen-bond donors (Lipinski definition) is 1. The fraction of sp³-hybridized carbons (Fsp3) is 0.409. The first-order chi connectivity index (χ1) is 14.4. The van der Waals surface area contributed by atoms with E-state index in [1.165, 1.54) is 6.33 Å². The second kappa shape index (κ2) is 7.69. The minimum absolute atomic E-state index is 0.158. The molecule has 1 atom stereocenters. The van der Waals surface area contributed by atoms with Gasteiger partial charge in [0.25, 0.3) is 0 Å². The number of likely N-dealkylation sites (tertiary alicyclic amines) is 1. The maximum atomic E-state index is 6.68. The zero-order chi connectivity index (χ0) is 21.6. The summed E-state index contributed by atoms with van der Waals surface area (Å²) in [4.78, 5) is 10.6. The van der Waals surface area contributed by atoms with Crippen molar-refractivity contribution in [3.63, 3.8) is 0 Å². The Morgan fingerprint density at radius 3 is 2.70 bits per heavy atom. The summed E-state index contributed by atoms with van der Waals surface area (Å²) in [6.45, 7) is 9.59. The fourth-order valence-electron chi connectivity index (χ4n) is 4.28. The zero-order valence-electron chi connectivity index (χ0n) is 17.8. The van der Waals surface area contributed by atoms with Crippen LogP contribution in [0.5, 0.6) is 5.75 Å². The Morgan fingerprint density at radius 1 is 1.30 bits per heavy atom. The number of aryl methyl sites for hydroxylation is 1. The zero-order valence-corrected chi connectivity index (χ0v) is 18.6. The Morgan fingerprint density at radius 2 is 2.03 bits per heavy atom. The quantitative estimate of drug-likeness (QED) is 0.643. The Labute approximate surface area is 181 Å². The lowest BCUT2D eigenvalue weighted by Crippen LogP contribution is -2.42. The van der Waals surface area contributed by atoms with E-state index in [2.05, 4.69) is 33.8 Å². The number of methoxy groups -OCH3 is 1. The highest BCUT2D eigenvalue weighted by Crippen LogP contribution is 2.43. The van der Waals surface area contributed by atoms with Crippen molar-refractivity contribution in [2.75, 3.05) is 25.9 Å². The molecule has 3 heterocycles. The maximum absolute atomic E-state index is 6.68. The number of ether oxygens (including phenoxy) is 1. The lowest BCUT2D eigenvalue weighted by atomic mass is 9.85. The summed E-state index contributed by atoms with van der Waals surface area (Å²) < 4.78 is 7.80. The van der Waals surface area contributed by atoms with Crippen LogP contribution in [0.15, 0.2) is 12.4 Å². The van der Waals surface area contributed by atoms with E-state index in [1.807, 2.05) is 31.5 Å². The third-order valence-corrected chi connectivity index (χ3v) is 6.22. The van der Waals surface area contributed by atoms with E-state index in [4.69, 9.17) is 27.2 Å². The standard InChI is InChI=1S/C22H25ClN6O/c1-6-7-28-9-15(10-28)18-12(2)17(23)8-16(20(18)30-5)14(4)29-22-19(13(3)27-29)21(24)25-11-26-22/h8,11,14-15H,9-10H2,1-5H3,(H2,24,25,26). The third kappa shape index (κ3) is 3.12. The predicted octanol–water partition coefficient (Wildman–Crippen LogP) is 3.68. The van der Waals surface area contributed by atoms with Crippen LogP contribution in [0.4, 0.5) is 5.82 Å². The Balaban J connectivity index is 1.83. The molecular formula is C22H25ClN6O. The lowest BCUT2D eigenvalue weighted by molar-refractivity contribution is 0.231. The molecule has 1 unspecified atom stereocenters. The molecule has 1 aliphatic heterocycles. The highest BCUT2D eigenvalue weighted by molar-refractivity contribution is 6.31. The number of fused-ring (bicyclic) bond motifs is 1. The van der Waals surface area contributed by atoms with E-state index in [0.717, 1.165) is 51.6 Å². The molecular weight excluding hydrogens is 400 g/mol. The highest BCUT2D eigenvalue weighted by atomic mass is 35.5. The number of aromatic nitrogens is 4. The van der Waals surface area contributed by atoms with Crippen LogP contribution in [0.1, 0.15) is 48.2 Å². The van der Waals surface area contributed by atoms with Gasteiger partial charge in [0.15, 0.2) is 5.65 Å². The molecule has 0 saturated carbocycles. The molecule has 3 aromatic rings. The van der Waals surface area contributed by atoms with Crippen LogP contribution in [0.2, 0.25) is 5.02 Å². The summed E-state index contributed by atoms with van der Waals surface area (Å²) in [5, 5.41) is 6.20. The largest absolute Gasteiger partial charge is 0.496 e. The average Bonchev–Trinajstić information content (AvgIpc) is 3.04. The summed E-state index contributed by atoms with van der Waals surface area (Å²) in [5.74, 6) is 4.55. The van der Waals surface area contributed by atoms with Crippen molar-refractivity contribution in [2.45, 2.75) is 39.7 Å². The van der Waals surface area contributed by atoms with Gasteiger partial charge < -0.3 is 15.4 Å². The van der Waals surface area contributed by atoms with Crippen LogP contribution < -0.4 is 10.5 Å². The van der Waals surface area contributed by atoms with Gasteiger partial charge in [0.05, 0.1) is 24.2 Å². The van der Waals surface area contributed by atoms with Crippen molar-refractivity contribution in [3.05, 3.63) is 39.8 Å². The molecule has 2 N–H and O–H groups in total. The molecule has 156 valence electrons. The number of rotatable bonds is 4. The topological polar surface area (TPSA) is 82.1 Å². The fourth-order valence-corrected chi connectivity index (χ4v) is 4.50. The van der Waals surface area contributed by atoms with Gasteiger partial charge in [0.1, 0.15) is 17.9 Å². The summed E-state index contributed by atoms with van der Waals surface area (Å²) in [5.41, 5.74) is 10.7. The van der Waals surface area contributed by atoms with E-state index in [9.17, 15) is 0 Å². The average molecular weight is 425 g/mol. The molecule has 7 nitrogen and oxygen atoms in total. The first kappa shape index (κ1) is 20.3. The van der Waals surface area contributed by atoms with Crippen LogP contribution >= 0.6 is 11.6 Å². The van der Waals surface area contributed by atoms with Crippen molar-refractivity contribution in [2.24, 2.45) is 0 Å². The van der Waals surface area contributed by atoms with Crippen molar-refractivity contribution >= 4 is 28.5 Å². The van der Waals surface area contributed by atoms with Crippen LogP contribution in [-0.2, 0) is 0 Å². The maximum Gasteiger partial charge on any atom is 0.164 e. The van der Waals surface area contributed by atoms with Crippen molar-refractivity contribution < 1.29 is 4.74 Å². The number of nitrogens with two attached hydrogens (primary N) is 1. The molecule has 8 heteroatoms. The minimum Gasteiger partial charge on any atom is -0.496 e. The number of anilines is 1. The normalized spacial score (nSPS) is 14.9. The van der Waals surface area contributed by atoms with Gasteiger partial charge in [-0.2, -0.15) is 5.10 Å². The molecule has 1 aromatic carbocycles. The third-order valence-electron chi connectivity index (χ3n) is 5.83. The predicted molar refractivity (Wildman–Crippen MR) is 119 cm³/mol. The number of hydrogen-bond acceptors (Lipinski definition) is 6. The van der Waals surface area contributed by atoms with Gasteiger partial charge in [-0.15, -0.1) is 0 Å². The smallest absolute Gasteiger partial charge is 0.164 e. The van der Waals surface area contributed by atoms with Gasteiger partial charge in [-0.1, -0.05) is 17.5 Å². The first-order valence-corrected chi connectivity index (χ1v) is 10.2. The monoisotopic (exact) mass is 424 g/mol. The second-order valence-electron chi connectivity index (χ2n) is 7.65. The molecule has 0 spiro atoms. The molecule has 2 aromatic heterocycles. The highest BCUT2D eigenvalue weighted by Gasteiger charge is 2.33. The Kier molecular flexibility index (Phi) is 5.20. The van der Waals surface area contributed by atoms with Crippen LogP contribution in [0, 0.1) is 25.8 Å². The SMILES string of the molecule is CC#CN1CC(c2c(C)c(Cl)cc(C(C)n3nc(C)c4c(N)ncnc43)c2OC)C1. The number of nitrogens with zero attached hydrogens (tertiary/aromatic N) is 5. The summed E-state index contributed by atoms with van der Waals surface area (Å²) in [6.07, 6.45) is 1.46. The Hall–Kier alpha value is -2.98. The van der Waals surface area contributed by atoms with Gasteiger partial charge in [-0.3, -0.25) is 0 Å². The van der Waals surface area contributed by atoms with Gasteiger partial charge >= 0.3 is 0 Å². The van der Waals surface area contributed by atoms with E-state index in [0.29, 0.717) is 17.4 Å².